The van der Waals surface area contributed by atoms with Crippen LogP contribution in [0.15, 0.2) is 0 Å². The maximum Gasteiger partial charge on any atom is 0.212 e. The third-order valence-electron chi connectivity index (χ3n) is 4.15. The Balaban J connectivity index is 0.00000324. The van der Waals surface area contributed by atoms with Crippen molar-refractivity contribution in [1.29, 1.82) is 0 Å². The molecule has 0 amide bonds. The maximum absolute atomic E-state index is 12.1. The third kappa shape index (κ3) is 6.43. The molecule has 0 saturated heterocycles. The van der Waals surface area contributed by atoms with Crippen molar-refractivity contribution in [2.75, 3.05) is 12.3 Å². The molecular weight excluding hydrogens is 284 g/mol. The predicted molar refractivity (Wildman–Crippen MR) is 83.0 cm³/mol. The van der Waals surface area contributed by atoms with Crippen molar-refractivity contribution in [1.82, 2.24) is 4.72 Å². The number of hydrogen-bond donors (Lipinski definition) is 2. The summed E-state index contributed by atoms with van der Waals surface area (Å²) < 4.78 is 27.2. The molecule has 0 aromatic rings. The molecule has 0 aliphatic heterocycles. The summed E-state index contributed by atoms with van der Waals surface area (Å²) in [7, 11) is -3.15. The molecule has 1 rings (SSSR count). The number of nitrogens with one attached hydrogen (secondary N) is 1. The monoisotopic (exact) mass is 312 g/mol. The van der Waals surface area contributed by atoms with E-state index in [1.807, 2.05) is 13.8 Å². The van der Waals surface area contributed by atoms with E-state index in [1.54, 1.807) is 0 Å². The normalized spacial score (nSPS) is 24.2. The van der Waals surface area contributed by atoms with E-state index in [-0.39, 0.29) is 30.1 Å². The van der Waals surface area contributed by atoms with Crippen molar-refractivity contribution in [2.24, 2.45) is 17.6 Å². The van der Waals surface area contributed by atoms with Gasteiger partial charge in [-0.1, -0.05) is 39.5 Å². The lowest BCUT2D eigenvalue weighted by Crippen LogP contribution is -2.46. The van der Waals surface area contributed by atoms with E-state index in [0.29, 0.717) is 12.5 Å². The molecule has 4 nitrogen and oxygen atoms in total. The highest BCUT2D eigenvalue weighted by molar-refractivity contribution is 7.89. The molecule has 2 atom stereocenters. The molecule has 1 saturated carbocycles. The van der Waals surface area contributed by atoms with Gasteiger partial charge in [0.1, 0.15) is 0 Å². The Bertz CT molecular complexity index is 332. The van der Waals surface area contributed by atoms with Crippen LogP contribution in [0, 0.1) is 11.8 Å². The SMILES string of the molecule is CCC(CC)CS(=O)(=O)NC1CCCCC1CN.Cl. The Morgan fingerprint density at radius 2 is 1.79 bits per heavy atom. The topological polar surface area (TPSA) is 72.2 Å². The van der Waals surface area contributed by atoms with Crippen LogP contribution in [-0.4, -0.2) is 26.8 Å². The Morgan fingerprint density at radius 3 is 2.32 bits per heavy atom. The molecule has 0 bridgehead atoms. The zero-order chi connectivity index (χ0) is 13.6. The molecule has 0 radical (unpaired) electrons. The number of halogens is 1. The zero-order valence-corrected chi connectivity index (χ0v) is 13.7. The van der Waals surface area contributed by atoms with E-state index in [1.165, 1.54) is 6.42 Å². The van der Waals surface area contributed by atoms with Crippen LogP contribution in [0.3, 0.4) is 0 Å². The molecule has 6 heteroatoms. The molecule has 1 aliphatic rings. The summed E-state index contributed by atoms with van der Waals surface area (Å²) in [5.74, 6) is 0.839. The molecule has 1 fully saturated rings. The molecule has 0 aromatic heterocycles. The minimum atomic E-state index is -3.15. The first-order valence-electron chi connectivity index (χ1n) is 7.22. The summed E-state index contributed by atoms with van der Waals surface area (Å²) in [5.41, 5.74) is 5.73. The molecule has 0 aromatic carbocycles. The second-order valence-electron chi connectivity index (χ2n) is 5.47. The van der Waals surface area contributed by atoms with E-state index in [2.05, 4.69) is 4.72 Å². The third-order valence-corrected chi connectivity index (χ3v) is 5.72. The molecule has 0 heterocycles. The van der Waals surface area contributed by atoms with Crippen LogP contribution in [0.25, 0.3) is 0 Å². The van der Waals surface area contributed by atoms with Crippen LogP contribution in [-0.2, 0) is 10.0 Å². The van der Waals surface area contributed by atoms with Gasteiger partial charge in [-0.3, -0.25) is 0 Å². The Labute approximate surface area is 124 Å². The lowest BCUT2D eigenvalue weighted by molar-refractivity contribution is 0.295. The van der Waals surface area contributed by atoms with Gasteiger partial charge in [0.25, 0.3) is 0 Å². The standard InChI is InChI=1S/C13H28N2O2S.ClH/c1-3-11(4-2)10-18(16,17)15-13-8-6-5-7-12(13)9-14;/h11-13,15H,3-10,14H2,1-2H3;1H. The average molecular weight is 313 g/mol. The van der Waals surface area contributed by atoms with Gasteiger partial charge in [0.2, 0.25) is 10.0 Å². The minimum absolute atomic E-state index is 0. The molecule has 116 valence electrons. The van der Waals surface area contributed by atoms with E-state index < -0.39 is 10.0 Å². The lowest BCUT2D eigenvalue weighted by Gasteiger charge is -2.31. The first-order chi connectivity index (χ1) is 8.52. The molecule has 19 heavy (non-hydrogen) atoms. The number of hydrogen-bond acceptors (Lipinski definition) is 3. The molecule has 2 unspecified atom stereocenters. The van der Waals surface area contributed by atoms with Crippen molar-refractivity contribution >= 4 is 22.4 Å². The van der Waals surface area contributed by atoms with Crippen LogP contribution in [0.4, 0.5) is 0 Å². The van der Waals surface area contributed by atoms with Crippen molar-refractivity contribution in [3.05, 3.63) is 0 Å². The number of sulfonamides is 1. The van der Waals surface area contributed by atoms with E-state index in [4.69, 9.17) is 5.73 Å². The summed E-state index contributed by atoms with van der Waals surface area (Å²) in [6, 6.07) is 0.0584. The molecule has 3 N–H and O–H groups in total. The molecular formula is C13H29ClN2O2S. The summed E-state index contributed by atoms with van der Waals surface area (Å²) in [4.78, 5) is 0. The Kier molecular flexibility index (Phi) is 9.24. The van der Waals surface area contributed by atoms with E-state index in [0.717, 1.165) is 32.1 Å². The van der Waals surface area contributed by atoms with Crippen LogP contribution in [0.2, 0.25) is 0 Å². The first-order valence-corrected chi connectivity index (χ1v) is 8.87. The fourth-order valence-electron chi connectivity index (χ4n) is 2.76. The van der Waals surface area contributed by atoms with Crippen LogP contribution < -0.4 is 10.5 Å². The maximum atomic E-state index is 12.1. The second kappa shape index (κ2) is 9.16. The predicted octanol–water partition coefficient (Wildman–Crippen LogP) is 2.28. The fourth-order valence-corrected chi connectivity index (χ4v) is 4.72. The van der Waals surface area contributed by atoms with Gasteiger partial charge in [-0.25, -0.2) is 13.1 Å². The average Bonchev–Trinajstić information content (AvgIpc) is 2.36. The quantitative estimate of drug-likeness (QED) is 0.757. The first kappa shape index (κ1) is 19.2. The zero-order valence-electron chi connectivity index (χ0n) is 12.1. The van der Waals surface area contributed by atoms with Gasteiger partial charge in [-0.05, 0) is 31.2 Å². The van der Waals surface area contributed by atoms with E-state index >= 15 is 0 Å². The number of rotatable bonds is 7. The highest BCUT2D eigenvalue weighted by Crippen LogP contribution is 2.24. The van der Waals surface area contributed by atoms with Crippen LogP contribution >= 0.6 is 12.4 Å². The molecule has 1 aliphatic carbocycles. The van der Waals surface area contributed by atoms with Crippen LogP contribution in [0.5, 0.6) is 0 Å². The largest absolute Gasteiger partial charge is 0.330 e. The summed E-state index contributed by atoms with van der Waals surface area (Å²) >= 11 is 0. The van der Waals surface area contributed by atoms with Gasteiger partial charge in [-0.2, -0.15) is 0 Å². The minimum Gasteiger partial charge on any atom is -0.330 e. The highest BCUT2D eigenvalue weighted by Gasteiger charge is 2.28. The lowest BCUT2D eigenvalue weighted by atomic mass is 9.85. The van der Waals surface area contributed by atoms with Crippen molar-refractivity contribution in [3.63, 3.8) is 0 Å². The Hall–Kier alpha value is 0.160. The highest BCUT2D eigenvalue weighted by atomic mass is 35.5. The smallest absolute Gasteiger partial charge is 0.212 e. The van der Waals surface area contributed by atoms with Gasteiger partial charge in [-0.15, -0.1) is 12.4 Å². The summed E-state index contributed by atoms with van der Waals surface area (Å²) in [6.07, 6.45) is 6.10. The van der Waals surface area contributed by atoms with Gasteiger partial charge in [0.05, 0.1) is 5.75 Å². The van der Waals surface area contributed by atoms with Gasteiger partial charge >= 0.3 is 0 Å². The van der Waals surface area contributed by atoms with Crippen molar-refractivity contribution in [3.8, 4) is 0 Å². The fraction of sp³-hybridized carbons (Fsp3) is 1.00. The van der Waals surface area contributed by atoms with Gasteiger partial charge in [0, 0.05) is 6.04 Å². The van der Waals surface area contributed by atoms with E-state index in [9.17, 15) is 8.42 Å². The van der Waals surface area contributed by atoms with Crippen LogP contribution in [0.1, 0.15) is 52.4 Å². The van der Waals surface area contributed by atoms with Crippen molar-refractivity contribution < 1.29 is 8.42 Å². The molecule has 0 spiro atoms. The van der Waals surface area contributed by atoms with Crippen molar-refractivity contribution in [2.45, 2.75) is 58.4 Å². The summed E-state index contributed by atoms with van der Waals surface area (Å²) in [5, 5.41) is 0. The van der Waals surface area contributed by atoms with Gasteiger partial charge < -0.3 is 5.73 Å². The number of nitrogens with two attached hydrogens (primary N) is 1. The summed E-state index contributed by atoms with van der Waals surface area (Å²) in [6.45, 7) is 4.68. The van der Waals surface area contributed by atoms with Gasteiger partial charge in [0.15, 0.2) is 0 Å². The Morgan fingerprint density at radius 1 is 1.21 bits per heavy atom. The second-order valence-corrected chi connectivity index (χ2v) is 7.27.